The monoisotopic (exact) mass is 300 g/mol. The van der Waals surface area contributed by atoms with Crippen molar-refractivity contribution in [2.24, 2.45) is 7.05 Å². The zero-order valence-corrected chi connectivity index (χ0v) is 14.0. The van der Waals surface area contributed by atoms with Crippen molar-refractivity contribution in [1.82, 2.24) is 20.0 Å². The first-order chi connectivity index (χ1) is 10.4. The smallest absolute Gasteiger partial charge is 0.271 e. The minimum atomic E-state index is -0.131. The summed E-state index contributed by atoms with van der Waals surface area (Å²) in [4.78, 5) is 14.2. The summed E-state index contributed by atoms with van der Waals surface area (Å²) in [6.45, 7) is 5.57. The maximum absolute atomic E-state index is 12.2. The van der Waals surface area contributed by atoms with Crippen LogP contribution in [-0.4, -0.2) is 47.8 Å². The summed E-state index contributed by atoms with van der Waals surface area (Å²) in [6.07, 6.45) is 0. The van der Waals surface area contributed by atoms with E-state index in [-0.39, 0.29) is 5.91 Å². The first kappa shape index (κ1) is 16.2. The van der Waals surface area contributed by atoms with E-state index < -0.39 is 0 Å². The van der Waals surface area contributed by atoms with Crippen LogP contribution >= 0.6 is 0 Å². The molecular formula is C17H24N4O. The van der Waals surface area contributed by atoms with Crippen molar-refractivity contribution in [2.75, 3.05) is 27.2 Å². The van der Waals surface area contributed by atoms with Gasteiger partial charge in [-0.3, -0.25) is 9.48 Å². The highest BCUT2D eigenvalue weighted by Crippen LogP contribution is 2.24. The third kappa shape index (κ3) is 3.74. The van der Waals surface area contributed by atoms with Gasteiger partial charge >= 0.3 is 0 Å². The molecule has 2 rings (SSSR count). The second-order valence-electron chi connectivity index (χ2n) is 5.92. The predicted octanol–water partition coefficient (Wildman–Crippen LogP) is 2.00. The number of carbonyl (C=O) groups is 1. The van der Waals surface area contributed by atoms with E-state index in [9.17, 15) is 4.79 Å². The van der Waals surface area contributed by atoms with Gasteiger partial charge in [-0.05, 0) is 39.6 Å². The number of likely N-dealkylation sites (N-methyl/N-ethyl adjacent to an activating group) is 1. The summed E-state index contributed by atoms with van der Waals surface area (Å²) >= 11 is 0. The van der Waals surface area contributed by atoms with E-state index in [1.165, 1.54) is 11.1 Å². The van der Waals surface area contributed by atoms with E-state index >= 15 is 0 Å². The number of benzene rings is 1. The highest BCUT2D eigenvalue weighted by Gasteiger charge is 2.14. The fraction of sp³-hybridized carbons (Fsp3) is 0.412. The largest absolute Gasteiger partial charge is 0.349 e. The summed E-state index contributed by atoms with van der Waals surface area (Å²) in [5.41, 5.74) is 4.92. The summed E-state index contributed by atoms with van der Waals surface area (Å²) in [5.74, 6) is -0.131. The van der Waals surface area contributed by atoms with Gasteiger partial charge in [0.25, 0.3) is 5.91 Å². The van der Waals surface area contributed by atoms with Crippen LogP contribution in [-0.2, 0) is 7.05 Å². The summed E-state index contributed by atoms with van der Waals surface area (Å²) in [5, 5.41) is 7.23. The van der Waals surface area contributed by atoms with E-state index in [4.69, 9.17) is 0 Å². The van der Waals surface area contributed by atoms with Crippen molar-refractivity contribution in [2.45, 2.75) is 13.8 Å². The number of hydrogen-bond donors (Lipinski definition) is 1. The van der Waals surface area contributed by atoms with Gasteiger partial charge in [0.05, 0.1) is 5.69 Å². The fourth-order valence-electron chi connectivity index (χ4n) is 2.41. The van der Waals surface area contributed by atoms with Gasteiger partial charge in [-0.25, -0.2) is 0 Å². The van der Waals surface area contributed by atoms with Gasteiger partial charge in [0.15, 0.2) is 5.69 Å². The van der Waals surface area contributed by atoms with Crippen molar-refractivity contribution >= 4 is 5.91 Å². The quantitative estimate of drug-likeness (QED) is 0.919. The maximum atomic E-state index is 12.2. The Labute approximate surface area is 131 Å². The number of aromatic nitrogens is 2. The third-order valence-corrected chi connectivity index (χ3v) is 3.61. The normalized spacial score (nSPS) is 11.0. The molecular weight excluding hydrogens is 276 g/mol. The molecule has 5 heteroatoms. The molecule has 22 heavy (non-hydrogen) atoms. The highest BCUT2D eigenvalue weighted by molar-refractivity contribution is 5.93. The second-order valence-corrected chi connectivity index (χ2v) is 5.92. The lowest BCUT2D eigenvalue weighted by Crippen LogP contribution is -2.31. The Hall–Kier alpha value is -2.14. The molecule has 0 unspecified atom stereocenters. The predicted molar refractivity (Wildman–Crippen MR) is 89.0 cm³/mol. The number of nitrogens with one attached hydrogen (secondary N) is 1. The van der Waals surface area contributed by atoms with E-state index in [2.05, 4.69) is 42.5 Å². The van der Waals surface area contributed by atoms with Crippen molar-refractivity contribution in [3.8, 4) is 11.3 Å². The Morgan fingerprint density at radius 2 is 2.00 bits per heavy atom. The van der Waals surface area contributed by atoms with Gasteiger partial charge in [-0.2, -0.15) is 5.10 Å². The number of aryl methyl sites for hydroxylation is 3. The fourth-order valence-corrected chi connectivity index (χ4v) is 2.41. The zero-order valence-electron chi connectivity index (χ0n) is 14.0. The number of carbonyl (C=O) groups excluding carboxylic acids is 1. The van der Waals surface area contributed by atoms with E-state index in [1.807, 2.05) is 32.1 Å². The Balaban J connectivity index is 2.19. The standard InChI is InChI=1S/C17H24N4O/c1-12-6-7-14(13(2)10-12)16-11-15(19-21(16)5)17(22)18-8-9-20(3)4/h6-7,10-11H,8-9H2,1-5H3,(H,18,22). The summed E-state index contributed by atoms with van der Waals surface area (Å²) in [7, 11) is 5.82. The lowest BCUT2D eigenvalue weighted by atomic mass is 10.0. The first-order valence-corrected chi connectivity index (χ1v) is 7.43. The molecule has 0 saturated carbocycles. The average Bonchev–Trinajstić information content (AvgIpc) is 2.80. The van der Waals surface area contributed by atoms with Gasteiger partial charge in [0, 0.05) is 25.7 Å². The average molecular weight is 300 g/mol. The Morgan fingerprint density at radius 3 is 2.64 bits per heavy atom. The number of rotatable bonds is 5. The number of amides is 1. The lowest BCUT2D eigenvalue weighted by Gasteiger charge is -2.09. The van der Waals surface area contributed by atoms with Gasteiger partial charge < -0.3 is 10.2 Å². The molecule has 0 bridgehead atoms. The molecule has 0 fully saturated rings. The molecule has 1 amide bonds. The molecule has 1 aromatic heterocycles. The highest BCUT2D eigenvalue weighted by atomic mass is 16.1. The van der Waals surface area contributed by atoms with Gasteiger partial charge in [-0.15, -0.1) is 0 Å². The molecule has 0 radical (unpaired) electrons. The van der Waals surface area contributed by atoms with Crippen LogP contribution in [0.2, 0.25) is 0 Å². The lowest BCUT2D eigenvalue weighted by molar-refractivity contribution is 0.0945. The molecule has 0 atom stereocenters. The van der Waals surface area contributed by atoms with Gasteiger partial charge in [-0.1, -0.05) is 23.8 Å². The summed E-state index contributed by atoms with van der Waals surface area (Å²) in [6, 6.07) is 8.14. The van der Waals surface area contributed by atoms with Crippen molar-refractivity contribution in [3.05, 3.63) is 41.1 Å². The van der Waals surface area contributed by atoms with E-state index in [0.29, 0.717) is 12.2 Å². The van der Waals surface area contributed by atoms with Crippen LogP contribution in [0.4, 0.5) is 0 Å². The SMILES string of the molecule is Cc1ccc(-c2cc(C(=O)NCCN(C)C)nn2C)c(C)c1. The zero-order chi connectivity index (χ0) is 16.3. The van der Waals surface area contributed by atoms with Crippen LogP contribution in [0.25, 0.3) is 11.3 Å². The van der Waals surface area contributed by atoms with Crippen molar-refractivity contribution < 1.29 is 4.79 Å². The maximum Gasteiger partial charge on any atom is 0.271 e. The minimum Gasteiger partial charge on any atom is -0.349 e. The van der Waals surface area contributed by atoms with E-state index in [1.54, 1.807) is 4.68 Å². The van der Waals surface area contributed by atoms with Crippen LogP contribution in [0.1, 0.15) is 21.6 Å². The molecule has 0 aliphatic rings. The Kier molecular flexibility index (Phi) is 4.98. The molecule has 5 nitrogen and oxygen atoms in total. The van der Waals surface area contributed by atoms with Gasteiger partial charge in [0.2, 0.25) is 0 Å². The van der Waals surface area contributed by atoms with Crippen molar-refractivity contribution in [1.29, 1.82) is 0 Å². The molecule has 1 N–H and O–H groups in total. The van der Waals surface area contributed by atoms with Gasteiger partial charge in [0.1, 0.15) is 0 Å². The second kappa shape index (κ2) is 6.75. The molecule has 0 spiro atoms. The number of nitrogens with zero attached hydrogens (tertiary/aromatic N) is 3. The first-order valence-electron chi connectivity index (χ1n) is 7.43. The molecule has 0 aliphatic heterocycles. The molecule has 118 valence electrons. The van der Waals surface area contributed by atoms with E-state index in [0.717, 1.165) is 17.8 Å². The third-order valence-electron chi connectivity index (χ3n) is 3.61. The minimum absolute atomic E-state index is 0.131. The summed E-state index contributed by atoms with van der Waals surface area (Å²) < 4.78 is 1.76. The van der Waals surface area contributed by atoms with Crippen LogP contribution in [0, 0.1) is 13.8 Å². The number of hydrogen-bond acceptors (Lipinski definition) is 3. The molecule has 1 aromatic carbocycles. The van der Waals surface area contributed by atoms with Crippen LogP contribution in [0.15, 0.2) is 24.3 Å². The topological polar surface area (TPSA) is 50.2 Å². The van der Waals surface area contributed by atoms with Crippen LogP contribution in [0.3, 0.4) is 0 Å². The Bertz CT molecular complexity index is 673. The Morgan fingerprint density at radius 1 is 1.27 bits per heavy atom. The molecule has 0 aliphatic carbocycles. The van der Waals surface area contributed by atoms with Crippen LogP contribution in [0.5, 0.6) is 0 Å². The van der Waals surface area contributed by atoms with Crippen LogP contribution < -0.4 is 5.32 Å². The molecule has 2 aromatic rings. The molecule has 0 saturated heterocycles. The molecule has 1 heterocycles. The van der Waals surface area contributed by atoms with Crippen molar-refractivity contribution in [3.63, 3.8) is 0 Å².